The van der Waals surface area contributed by atoms with Crippen LogP contribution in [0.3, 0.4) is 0 Å². The number of fused-ring (bicyclic) bond motifs is 1. The molecule has 0 bridgehead atoms. The number of thiazole rings is 1. The molecule has 2 heterocycles. The molecule has 0 amide bonds. The van der Waals surface area contributed by atoms with Crippen molar-refractivity contribution in [3.63, 3.8) is 0 Å². The second kappa shape index (κ2) is 2.03. The van der Waals surface area contributed by atoms with Crippen LogP contribution in [0.25, 0.3) is 10.3 Å². The molecule has 5 nitrogen and oxygen atoms in total. The van der Waals surface area contributed by atoms with Gasteiger partial charge in [-0.2, -0.15) is 0 Å². The van der Waals surface area contributed by atoms with E-state index in [-0.39, 0.29) is 0 Å². The SMILES string of the molecule is Nc1nc2c(N)ncnc2s1. The van der Waals surface area contributed by atoms with Gasteiger partial charge in [0.1, 0.15) is 11.8 Å². The van der Waals surface area contributed by atoms with Gasteiger partial charge >= 0.3 is 0 Å². The number of nitrogens with zero attached hydrogens (tertiary/aromatic N) is 3. The van der Waals surface area contributed by atoms with Crippen LogP contribution in [0.1, 0.15) is 0 Å². The highest BCUT2D eigenvalue weighted by molar-refractivity contribution is 7.21. The second-order valence-electron chi connectivity index (χ2n) is 1.96. The van der Waals surface area contributed by atoms with E-state index >= 15 is 0 Å². The van der Waals surface area contributed by atoms with Gasteiger partial charge in [-0.05, 0) is 0 Å². The lowest BCUT2D eigenvalue weighted by Gasteiger charge is -1.88. The zero-order valence-electron chi connectivity index (χ0n) is 5.48. The number of hydrogen-bond acceptors (Lipinski definition) is 6. The highest BCUT2D eigenvalue weighted by Gasteiger charge is 2.04. The van der Waals surface area contributed by atoms with Gasteiger partial charge < -0.3 is 11.5 Å². The molecule has 0 saturated heterocycles. The van der Waals surface area contributed by atoms with Crippen molar-refractivity contribution in [2.45, 2.75) is 0 Å². The molecule has 2 aromatic heterocycles. The molecule has 0 saturated carbocycles. The van der Waals surface area contributed by atoms with Crippen molar-refractivity contribution < 1.29 is 0 Å². The van der Waals surface area contributed by atoms with Crippen LogP contribution in [0, 0.1) is 0 Å². The highest BCUT2D eigenvalue weighted by atomic mass is 32.1. The molecule has 0 aliphatic rings. The Morgan fingerprint density at radius 2 is 2.09 bits per heavy atom. The number of anilines is 2. The second-order valence-corrected chi connectivity index (χ2v) is 2.97. The Morgan fingerprint density at radius 3 is 2.82 bits per heavy atom. The van der Waals surface area contributed by atoms with Gasteiger partial charge in [0.25, 0.3) is 0 Å². The highest BCUT2D eigenvalue weighted by Crippen LogP contribution is 2.23. The molecule has 0 aliphatic carbocycles. The lowest BCUT2D eigenvalue weighted by molar-refractivity contribution is 1.23. The van der Waals surface area contributed by atoms with Crippen molar-refractivity contribution in [3.8, 4) is 0 Å². The third kappa shape index (κ3) is 0.874. The Kier molecular flexibility index (Phi) is 1.16. The van der Waals surface area contributed by atoms with E-state index in [0.717, 1.165) is 4.83 Å². The summed E-state index contributed by atoms with van der Waals surface area (Å²) in [6.07, 6.45) is 1.40. The molecule has 6 heteroatoms. The van der Waals surface area contributed by atoms with Crippen molar-refractivity contribution in [3.05, 3.63) is 6.33 Å². The molecule has 0 unspecified atom stereocenters. The van der Waals surface area contributed by atoms with Crippen LogP contribution in [-0.2, 0) is 0 Å². The van der Waals surface area contributed by atoms with Crippen molar-refractivity contribution in [1.82, 2.24) is 15.0 Å². The fraction of sp³-hybridized carbons (Fsp3) is 0. The molecule has 0 aliphatic heterocycles. The molecule has 2 rings (SSSR count). The quantitative estimate of drug-likeness (QED) is 0.587. The zero-order chi connectivity index (χ0) is 7.84. The minimum atomic E-state index is 0.378. The number of nitrogens with two attached hydrogens (primary N) is 2. The summed E-state index contributed by atoms with van der Waals surface area (Å²) >= 11 is 1.30. The van der Waals surface area contributed by atoms with Crippen LogP contribution in [-0.4, -0.2) is 15.0 Å². The Bertz CT molecular complexity index is 395. The van der Waals surface area contributed by atoms with Crippen LogP contribution in [0.5, 0.6) is 0 Å². The summed E-state index contributed by atoms with van der Waals surface area (Å²) in [7, 11) is 0. The number of aromatic nitrogens is 3. The Morgan fingerprint density at radius 1 is 1.27 bits per heavy atom. The van der Waals surface area contributed by atoms with E-state index in [2.05, 4.69) is 15.0 Å². The van der Waals surface area contributed by atoms with Crippen LogP contribution in [0.2, 0.25) is 0 Å². The predicted molar refractivity (Wildman–Crippen MR) is 44.0 cm³/mol. The summed E-state index contributed by atoms with van der Waals surface area (Å²) in [6, 6.07) is 0. The molecular formula is C5H5N5S. The molecule has 56 valence electrons. The number of nitrogen functional groups attached to an aromatic ring is 2. The van der Waals surface area contributed by atoms with Crippen molar-refractivity contribution in [1.29, 1.82) is 0 Å². The van der Waals surface area contributed by atoms with Gasteiger partial charge in [-0.15, -0.1) is 0 Å². The van der Waals surface area contributed by atoms with Gasteiger partial charge in [0.2, 0.25) is 0 Å². The molecule has 0 radical (unpaired) electrons. The van der Waals surface area contributed by atoms with Gasteiger partial charge in [-0.1, -0.05) is 11.3 Å². The average molecular weight is 167 g/mol. The third-order valence-corrected chi connectivity index (χ3v) is 2.03. The van der Waals surface area contributed by atoms with Crippen LogP contribution in [0.4, 0.5) is 10.9 Å². The summed E-state index contributed by atoms with van der Waals surface area (Å²) in [5.41, 5.74) is 11.5. The summed E-state index contributed by atoms with van der Waals surface area (Å²) in [4.78, 5) is 12.4. The average Bonchev–Trinajstić information content (AvgIpc) is 2.31. The summed E-state index contributed by atoms with van der Waals surface area (Å²) in [5.74, 6) is 0.378. The lowest BCUT2D eigenvalue weighted by Crippen LogP contribution is -1.91. The molecule has 11 heavy (non-hydrogen) atoms. The van der Waals surface area contributed by atoms with Gasteiger partial charge in [0.15, 0.2) is 15.8 Å². The van der Waals surface area contributed by atoms with E-state index in [0.29, 0.717) is 16.5 Å². The maximum absolute atomic E-state index is 5.51. The van der Waals surface area contributed by atoms with E-state index in [9.17, 15) is 0 Å². The van der Waals surface area contributed by atoms with E-state index in [1.54, 1.807) is 0 Å². The summed E-state index contributed by atoms with van der Waals surface area (Å²) < 4.78 is 0. The van der Waals surface area contributed by atoms with Crippen molar-refractivity contribution in [2.75, 3.05) is 11.5 Å². The Labute approximate surface area is 66.1 Å². The smallest absolute Gasteiger partial charge is 0.182 e. The normalized spacial score (nSPS) is 10.5. The Hall–Kier alpha value is -1.43. The molecule has 0 aromatic carbocycles. The lowest BCUT2D eigenvalue weighted by atomic mass is 10.5. The molecule has 0 spiro atoms. The number of hydrogen-bond donors (Lipinski definition) is 2. The fourth-order valence-corrected chi connectivity index (χ4v) is 1.47. The zero-order valence-corrected chi connectivity index (χ0v) is 6.30. The van der Waals surface area contributed by atoms with Gasteiger partial charge in [-0.25, -0.2) is 15.0 Å². The van der Waals surface area contributed by atoms with Crippen LogP contribution >= 0.6 is 11.3 Å². The predicted octanol–water partition coefficient (Wildman–Crippen LogP) is 0.251. The fourth-order valence-electron chi connectivity index (χ4n) is 0.787. The summed E-state index contributed by atoms with van der Waals surface area (Å²) in [5, 5.41) is 0.465. The topological polar surface area (TPSA) is 90.7 Å². The van der Waals surface area contributed by atoms with E-state index in [1.165, 1.54) is 17.7 Å². The summed E-state index contributed by atoms with van der Waals surface area (Å²) in [6.45, 7) is 0. The van der Waals surface area contributed by atoms with Crippen molar-refractivity contribution >= 4 is 32.6 Å². The van der Waals surface area contributed by atoms with E-state index < -0.39 is 0 Å². The molecule has 4 N–H and O–H groups in total. The third-order valence-electron chi connectivity index (χ3n) is 1.24. The van der Waals surface area contributed by atoms with Crippen molar-refractivity contribution in [2.24, 2.45) is 0 Å². The largest absolute Gasteiger partial charge is 0.382 e. The minimum Gasteiger partial charge on any atom is -0.382 e. The monoisotopic (exact) mass is 167 g/mol. The van der Waals surface area contributed by atoms with E-state index in [4.69, 9.17) is 11.5 Å². The first-order valence-corrected chi connectivity index (χ1v) is 3.71. The molecule has 0 atom stereocenters. The first-order chi connectivity index (χ1) is 5.27. The maximum atomic E-state index is 5.51. The van der Waals surface area contributed by atoms with Gasteiger partial charge in [0.05, 0.1) is 0 Å². The van der Waals surface area contributed by atoms with Crippen LogP contribution in [0.15, 0.2) is 6.33 Å². The standard InChI is InChI=1S/C5H5N5S/c6-3-2-4(9-1-8-3)11-5(7)10-2/h1H,(H2,7,10)(H2,6,8,9). The number of rotatable bonds is 0. The molecule has 2 aromatic rings. The van der Waals surface area contributed by atoms with Gasteiger partial charge in [-0.3, -0.25) is 0 Å². The molecular weight excluding hydrogens is 162 g/mol. The Balaban J connectivity index is 2.90. The first-order valence-electron chi connectivity index (χ1n) is 2.90. The maximum Gasteiger partial charge on any atom is 0.182 e. The van der Waals surface area contributed by atoms with Gasteiger partial charge in [0, 0.05) is 0 Å². The van der Waals surface area contributed by atoms with Crippen LogP contribution < -0.4 is 11.5 Å². The minimum absolute atomic E-state index is 0.378. The first kappa shape index (κ1) is 6.29. The van der Waals surface area contributed by atoms with E-state index in [1.807, 2.05) is 0 Å². The molecule has 0 fully saturated rings.